The first-order valence-corrected chi connectivity index (χ1v) is 5.89. The van der Waals surface area contributed by atoms with Crippen molar-refractivity contribution in [2.45, 2.75) is 19.5 Å². The van der Waals surface area contributed by atoms with Gasteiger partial charge < -0.3 is 5.32 Å². The Morgan fingerprint density at radius 2 is 1.71 bits per heavy atom. The van der Waals surface area contributed by atoms with E-state index >= 15 is 0 Å². The fourth-order valence-electron chi connectivity index (χ4n) is 1.37. The number of nitrogens with one attached hydrogen (secondary N) is 1. The molecule has 0 fully saturated rings. The summed E-state index contributed by atoms with van der Waals surface area (Å²) in [6.45, 7) is 2.00. The Kier molecular flexibility index (Phi) is 4.95. The summed E-state index contributed by atoms with van der Waals surface area (Å²) < 4.78 is 41.0. The summed E-state index contributed by atoms with van der Waals surface area (Å²) in [4.78, 5) is 27.6. The minimum Gasteiger partial charge on any atom is -0.323 e. The van der Waals surface area contributed by atoms with E-state index in [9.17, 15) is 22.8 Å². The smallest absolute Gasteiger partial charge is 0.283 e. The highest BCUT2D eigenvalue weighted by atomic mass is 19.1. The van der Waals surface area contributed by atoms with E-state index in [0.29, 0.717) is 5.06 Å². The van der Waals surface area contributed by atoms with E-state index in [1.165, 1.54) is 7.05 Å². The third-order valence-electron chi connectivity index (χ3n) is 2.61. The fraction of sp³-hybridized carbons (Fsp3) is 0.385. The molecule has 116 valence electrons. The summed E-state index contributed by atoms with van der Waals surface area (Å²) in [5, 5.41) is 2.67. The Morgan fingerprint density at radius 3 is 2.10 bits per heavy atom. The SMILES string of the molecule is CON(C)C(=O)c1c(F)cc(NC(=O)C(C)(C)F)cc1F. The van der Waals surface area contributed by atoms with E-state index in [0.717, 1.165) is 33.1 Å². The second-order valence-corrected chi connectivity index (χ2v) is 4.73. The van der Waals surface area contributed by atoms with Crippen molar-refractivity contribution in [1.82, 2.24) is 5.06 Å². The van der Waals surface area contributed by atoms with Crippen molar-refractivity contribution in [3.8, 4) is 0 Å². The molecular formula is C13H15F3N2O3. The van der Waals surface area contributed by atoms with Crippen LogP contribution in [0, 0.1) is 11.6 Å². The fourth-order valence-corrected chi connectivity index (χ4v) is 1.37. The summed E-state index contributed by atoms with van der Waals surface area (Å²) in [6.07, 6.45) is 0. The van der Waals surface area contributed by atoms with E-state index in [1.807, 2.05) is 5.32 Å². The summed E-state index contributed by atoms with van der Waals surface area (Å²) in [5.74, 6) is -4.49. The van der Waals surface area contributed by atoms with Gasteiger partial charge >= 0.3 is 0 Å². The van der Waals surface area contributed by atoms with Crippen molar-refractivity contribution in [3.05, 3.63) is 29.3 Å². The zero-order valence-electron chi connectivity index (χ0n) is 12.0. The molecule has 0 aliphatic rings. The van der Waals surface area contributed by atoms with Crippen LogP contribution in [0.3, 0.4) is 0 Å². The van der Waals surface area contributed by atoms with Crippen molar-refractivity contribution in [3.63, 3.8) is 0 Å². The Bertz CT molecular complexity index is 547. The molecule has 0 aromatic heterocycles. The highest BCUT2D eigenvalue weighted by molar-refractivity contribution is 5.98. The minimum absolute atomic E-state index is 0.294. The molecule has 0 saturated carbocycles. The van der Waals surface area contributed by atoms with Crippen LogP contribution in [0.5, 0.6) is 0 Å². The number of amides is 2. The number of hydroxylamine groups is 2. The molecule has 0 unspecified atom stereocenters. The maximum Gasteiger partial charge on any atom is 0.283 e. The molecule has 0 atom stereocenters. The third-order valence-corrected chi connectivity index (χ3v) is 2.61. The van der Waals surface area contributed by atoms with Gasteiger partial charge in [0.25, 0.3) is 11.8 Å². The lowest BCUT2D eigenvalue weighted by Gasteiger charge is -2.17. The molecule has 0 spiro atoms. The van der Waals surface area contributed by atoms with Crippen LogP contribution in [0.15, 0.2) is 12.1 Å². The topological polar surface area (TPSA) is 58.6 Å². The summed E-state index contributed by atoms with van der Waals surface area (Å²) in [7, 11) is 2.34. The predicted octanol–water partition coefficient (Wildman–Crippen LogP) is 2.28. The van der Waals surface area contributed by atoms with Gasteiger partial charge in [0.15, 0.2) is 5.67 Å². The Morgan fingerprint density at radius 1 is 1.24 bits per heavy atom. The van der Waals surface area contributed by atoms with Crippen LogP contribution in [0.1, 0.15) is 24.2 Å². The van der Waals surface area contributed by atoms with Crippen LogP contribution in [0.25, 0.3) is 0 Å². The molecule has 0 radical (unpaired) electrons. The molecule has 0 saturated heterocycles. The van der Waals surface area contributed by atoms with Gasteiger partial charge in [0.1, 0.15) is 17.2 Å². The van der Waals surface area contributed by atoms with Gasteiger partial charge in [-0.3, -0.25) is 14.4 Å². The molecule has 1 aromatic rings. The van der Waals surface area contributed by atoms with Gasteiger partial charge in [-0.05, 0) is 26.0 Å². The minimum atomic E-state index is -2.21. The van der Waals surface area contributed by atoms with Gasteiger partial charge in [-0.1, -0.05) is 0 Å². The zero-order chi connectivity index (χ0) is 16.4. The van der Waals surface area contributed by atoms with Crippen molar-refractivity contribution in [1.29, 1.82) is 0 Å². The van der Waals surface area contributed by atoms with E-state index in [4.69, 9.17) is 0 Å². The summed E-state index contributed by atoms with van der Waals surface area (Å²) >= 11 is 0. The van der Waals surface area contributed by atoms with E-state index in [-0.39, 0.29) is 5.69 Å². The molecule has 0 bridgehead atoms. The van der Waals surface area contributed by atoms with Gasteiger partial charge in [-0.25, -0.2) is 18.2 Å². The average molecular weight is 304 g/mol. The number of hydrogen-bond donors (Lipinski definition) is 1. The predicted molar refractivity (Wildman–Crippen MR) is 69.3 cm³/mol. The molecule has 5 nitrogen and oxygen atoms in total. The molecule has 2 amide bonds. The molecule has 0 heterocycles. The van der Waals surface area contributed by atoms with Crippen molar-refractivity contribution < 1.29 is 27.6 Å². The van der Waals surface area contributed by atoms with Crippen LogP contribution in [-0.4, -0.2) is 36.7 Å². The van der Waals surface area contributed by atoms with Crippen LogP contribution in [0.2, 0.25) is 0 Å². The first-order chi connectivity index (χ1) is 9.57. The van der Waals surface area contributed by atoms with E-state index < -0.39 is 34.7 Å². The number of carbonyl (C=O) groups is 2. The second-order valence-electron chi connectivity index (χ2n) is 4.73. The number of benzene rings is 1. The molecule has 1 rings (SSSR count). The zero-order valence-corrected chi connectivity index (χ0v) is 12.0. The molecule has 0 aliphatic heterocycles. The van der Waals surface area contributed by atoms with Crippen LogP contribution < -0.4 is 5.32 Å². The van der Waals surface area contributed by atoms with Gasteiger partial charge in [-0.2, -0.15) is 0 Å². The number of halogens is 3. The Hall–Kier alpha value is -2.09. The molecule has 0 aliphatic carbocycles. The van der Waals surface area contributed by atoms with Crippen LogP contribution in [0.4, 0.5) is 18.9 Å². The van der Waals surface area contributed by atoms with Crippen molar-refractivity contribution in [2.75, 3.05) is 19.5 Å². The molecule has 1 aromatic carbocycles. The third kappa shape index (κ3) is 3.94. The van der Waals surface area contributed by atoms with E-state index in [2.05, 4.69) is 4.84 Å². The average Bonchev–Trinajstić information content (AvgIpc) is 2.35. The first-order valence-electron chi connectivity index (χ1n) is 5.89. The number of anilines is 1. The first kappa shape index (κ1) is 17.0. The standard InChI is InChI=1S/C13H15F3N2O3/c1-13(2,16)12(20)17-7-5-8(14)10(9(15)6-7)11(19)18(3)21-4/h5-6H,1-4H3,(H,17,20). The highest BCUT2D eigenvalue weighted by Gasteiger charge is 2.28. The number of carbonyl (C=O) groups excluding carboxylic acids is 2. The number of hydrogen-bond acceptors (Lipinski definition) is 3. The lowest BCUT2D eigenvalue weighted by Crippen LogP contribution is -2.32. The van der Waals surface area contributed by atoms with Crippen molar-refractivity contribution >= 4 is 17.5 Å². The maximum atomic E-state index is 13.8. The van der Waals surface area contributed by atoms with Gasteiger partial charge in [0, 0.05) is 12.7 Å². The largest absolute Gasteiger partial charge is 0.323 e. The number of rotatable bonds is 4. The molecule has 8 heteroatoms. The highest BCUT2D eigenvalue weighted by Crippen LogP contribution is 2.22. The summed E-state index contributed by atoms with van der Waals surface area (Å²) in [5.41, 5.74) is -3.34. The van der Waals surface area contributed by atoms with Gasteiger partial charge in [-0.15, -0.1) is 0 Å². The lowest BCUT2D eigenvalue weighted by molar-refractivity contribution is -0.125. The molecular weight excluding hydrogens is 289 g/mol. The quantitative estimate of drug-likeness (QED) is 0.868. The number of nitrogens with zero attached hydrogens (tertiary/aromatic N) is 1. The lowest BCUT2D eigenvalue weighted by atomic mass is 10.1. The summed E-state index contributed by atoms with van der Waals surface area (Å²) in [6, 6.07) is 1.45. The Balaban J connectivity index is 3.11. The second kappa shape index (κ2) is 6.13. The van der Waals surface area contributed by atoms with E-state index in [1.54, 1.807) is 0 Å². The van der Waals surface area contributed by atoms with Crippen molar-refractivity contribution in [2.24, 2.45) is 0 Å². The van der Waals surface area contributed by atoms with Crippen LogP contribution >= 0.6 is 0 Å². The maximum absolute atomic E-state index is 13.8. The molecule has 21 heavy (non-hydrogen) atoms. The van der Waals surface area contributed by atoms with Crippen LogP contribution in [-0.2, 0) is 9.63 Å². The Labute approximate surface area is 119 Å². The molecule has 1 N–H and O–H groups in total. The monoisotopic (exact) mass is 304 g/mol. The normalized spacial score (nSPS) is 11.2. The van der Waals surface area contributed by atoms with Gasteiger partial charge in [0.2, 0.25) is 0 Å². The van der Waals surface area contributed by atoms with Gasteiger partial charge in [0.05, 0.1) is 7.11 Å². The number of alkyl halides is 1.